The van der Waals surface area contributed by atoms with Gasteiger partial charge in [-0.25, -0.2) is 0 Å². The minimum atomic E-state index is -0.529. The number of anilines is 1. The number of ether oxygens (including phenoxy) is 3. The number of nitrogens with one attached hydrogen (secondary N) is 1. The summed E-state index contributed by atoms with van der Waals surface area (Å²) in [6, 6.07) is 17.9. The van der Waals surface area contributed by atoms with Crippen LogP contribution in [0.25, 0.3) is 6.08 Å². The highest BCUT2D eigenvalue weighted by Crippen LogP contribution is 2.37. The molecule has 0 radical (unpaired) electrons. The van der Waals surface area contributed by atoms with E-state index in [9.17, 15) is 10.1 Å². The van der Waals surface area contributed by atoms with Crippen molar-refractivity contribution >= 4 is 40.9 Å². The lowest BCUT2D eigenvalue weighted by Gasteiger charge is -2.12. The molecule has 3 aromatic carbocycles. The average molecular weight is 481 g/mol. The lowest BCUT2D eigenvalue weighted by molar-refractivity contribution is -0.112. The van der Waals surface area contributed by atoms with Gasteiger partial charge < -0.3 is 19.5 Å². The largest absolute Gasteiger partial charge is 0.486 e. The number of fused-ring (bicyclic) bond motifs is 1. The van der Waals surface area contributed by atoms with E-state index in [1.165, 1.54) is 6.08 Å². The van der Waals surface area contributed by atoms with Gasteiger partial charge in [-0.2, -0.15) is 5.26 Å². The summed E-state index contributed by atoms with van der Waals surface area (Å²) in [6.07, 6.45) is 1.42. The highest BCUT2D eigenvalue weighted by molar-refractivity contribution is 6.37. The second-order valence-corrected chi connectivity index (χ2v) is 8.10. The van der Waals surface area contributed by atoms with E-state index in [4.69, 9.17) is 37.4 Å². The first-order valence-corrected chi connectivity index (χ1v) is 10.7. The number of hydrogen-bond donors (Lipinski definition) is 1. The molecule has 0 fully saturated rings. The maximum atomic E-state index is 12.5. The van der Waals surface area contributed by atoms with Crippen LogP contribution in [-0.4, -0.2) is 12.7 Å². The first kappa shape index (κ1) is 22.5. The van der Waals surface area contributed by atoms with E-state index in [2.05, 4.69) is 5.32 Å². The molecule has 0 aliphatic carbocycles. The maximum absolute atomic E-state index is 12.5. The Kier molecular flexibility index (Phi) is 6.74. The number of rotatable bonds is 6. The topological polar surface area (TPSA) is 80.6 Å². The van der Waals surface area contributed by atoms with E-state index in [1.54, 1.807) is 18.2 Å². The SMILES string of the molecule is Cc1cccc(NC(=O)/C(C#N)=C\c2cc(Cl)c(OCc3ccc4c(c3)OCO4)c(Cl)c2)c1. The van der Waals surface area contributed by atoms with Gasteiger partial charge in [0, 0.05) is 5.69 Å². The van der Waals surface area contributed by atoms with Crippen LogP contribution >= 0.6 is 23.2 Å². The summed E-state index contributed by atoms with van der Waals surface area (Å²) in [5, 5.41) is 12.7. The monoisotopic (exact) mass is 480 g/mol. The summed E-state index contributed by atoms with van der Waals surface area (Å²) in [4.78, 5) is 12.5. The molecule has 1 amide bonds. The Balaban J connectivity index is 1.49. The van der Waals surface area contributed by atoms with Crippen molar-refractivity contribution in [3.05, 3.63) is 86.9 Å². The second-order valence-electron chi connectivity index (χ2n) is 7.28. The van der Waals surface area contributed by atoms with Crippen LogP contribution in [0.3, 0.4) is 0 Å². The lowest BCUT2D eigenvalue weighted by Crippen LogP contribution is -2.13. The van der Waals surface area contributed by atoms with Crippen molar-refractivity contribution in [1.29, 1.82) is 5.26 Å². The Morgan fingerprint density at radius 3 is 2.61 bits per heavy atom. The zero-order chi connectivity index (χ0) is 23.4. The number of hydrogen-bond acceptors (Lipinski definition) is 5. The molecule has 1 N–H and O–H groups in total. The molecule has 6 nitrogen and oxygen atoms in total. The summed E-state index contributed by atoms with van der Waals surface area (Å²) in [6.45, 7) is 2.32. The highest BCUT2D eigenvalue weighted by Gasteiger charge is 2.16. The predicted octanol–water partition coefficient (Wildman–Crippen LogP) is 6.16. The first-order chi connectivity index (χ1) is 15.9. The average Bonchev–Trinajstić information content (AvgIpc) is 3.25. The number of nitrogens with zero attached hydrogens (tertiary/aromatic N) is 1. The van der Waals surface area contributed by atoms with E-state index < -0.39 is 5.91 Å². The second kappa shape index (κ2) is 9.86. The number of nitriles is 1. The molecule has 0 spiro atoms. The molecule has 0 saturated carbocycles. The number of carbonyl (C=O) groups is 1. The fourth-order valence-corrected chi connectivity index (χ4v) is 3.84. The van der Waals surface area contributed by atoms with Gasteiger partial charge in [-0.1, -0.05) is 41.4 Å². The Hall–Kier alpha value is -3.66. The zero-order valence-corrected chi connectivity index (χ0v) is 19.0. The Labute approximate surface area is 200 Å². The van der Waals surface area contributed by atoms with Crippen molar-refractivity contribution in [2.24, 2.45) is 0 Å². The molecule has 0 unspecified atom stereocenters. The molecule has 0 saturated heterocycles. The van der Waals surface area contributed by atoms with Crippen molar-refractivity contribution in [3.63, 3.8) is 0 Å². The molecule has 1 aliphatic heterocycles. The molecule has 1 heterocycles. The van der Waals surface area contributed by atoms with Crippen molar-refractivity contribution in [3.8, 4) is 23.3 Å². The molecular formula is C25H18Cl2N2O4. The Bertz CT molecular complexity index is 1270. The van der Waals surface area contributed by atoms with E-state index in [-0.39, 0.29) is 29.0 Å². The molecule has 4 rings (SSSR count). The van der Waals surface area contributed by atoms with E-state index in [0.29, 0.717) is 28.5 Å². The summed E-state index contributed by atoms with van der Waals surface area (Å²) in [5.41, 5.74) is 2.86. The summed E-state index contributed by atoms with van der Waals surface area (Å²) >= 11 is 12.8. The van der Waals surface area contributed by atoms with E-state index in [0.717, 1.165) is 11.1 Å². The zero-order valence-electron chi connectivity index (χ0n) is 17.5. The van der Waals surface area contributed by atoms with Gasteiger partial charge in [-0.15, -0.1) is 0 Å². The minimum absolute atomic E-state index is 0.0855. The van der Waals surface area contributed by atoms with Crippen molar-refractivity contribution in [2.45, 2.75) is 13.5 Å². The van der Waals surface area contributed by atoms with Gasteiger partial charge in [0.2, 0.25) is 6.79 Å². The van der Waals surface area contributed by atoms with Gasteiger partial charge >= 0.3 is 0 Å². The quantitative estimate of drug-likeness (QED) is 0.337. The molecule has 0 aromatic heterocycles. The van der Waals surface area contributed by atoms with Crippen LogP contribution in [-0.2, 0) is 11.4 Å². The van der Waals surface area contributed by atoms with Gasteiger partial charge in [-0.3, -0.25) is 4.79 Å². The van der Waals surface area contributed by atoms with E-state index in [1.807, 2.05) is 49.4 Å². The minimum Gasteiger partial charge on any atom is -0.486 e. The third kappa shape index (κ3) is 5.40. The third-order valence-corrected chi connectivity index (χ3v) is 5.35. The van der Waals surface area contributed by atoms with Gasteiger partial charge in [0.25, 0.3) is 5.91 Å². The van der Waals surface area contributed by atoms with Crippen LogP contribution in [0.2, 0.25) is 10.0 Å². The van der Waals surface area contributed by atoms with Crippen LogP contribution in [0.1, 0.15) is 16.7 Å². The van der Waals surface area contributed by atoms with Crippen molar-refractivity contribution in [1.82, 2.24) is 0 Å². The van der Waals surface area contributed by atoms with Crippen LogP contribution in [0.15, 0.2) is 60.2 Å². The third-order valence-electron chi connectivity index (χ3n) is 4.79. The lowest BCUT2D eigenvalue weighted by atomic mass is 10.1. The van der Waals surface area contributed by atoms with Crippen LogP contribution in [0.4, 0.5) is 5.69 Å². The molecule has 3 aromatic rings. The standard InChI is InChI=1S/C25H18Cl2N2O4/c1-15-3-2-4-19(7-15)29-25(30)18(12-28)8-17-9-20(26)24(21(27)10-17)31-13-16-5-6-22-23(11-16)33-14-32-22/h2-11H,13-14H2,1H3,(H,29,30)/b18-8-. The molecule has 33 heavy (non-hydrogen) atoms. The normalized spacial score (nSPS) is 12.2. The first-order valence-electron chi connectivity index (χ1n) is 9.93. The van der Waals surface area contributed by atoms with Crippen LogP contribution in [0, 0.1) is 18.3 Å². The van der Waals surface area contributed by atoms with Crippen molar-refractivity contribution < 1.29 is 19.0 Å². The Morgan fingerprint density at radius 1 is 1.12 bits per heavy atom. The molecule has 8 heteroatoms. The molecule has 166 valence electrons. The highest BCUT2D eigenvalue weighted by atomic mass is 35.5. The fraction of sp³-hybridized carbons (Fsp3) is 0.120. The predicted molar refractivity (Wildman–Crippen MR) is 127 cm³/mol. The number of amides is 1. The summed E-state index contributed by atoms with van der Waals surface area (Å²) in [5.74, 6) is 1.11. The van der Waals surface area contributed by atoms with E-state index >= 15 is 0 Å². The van der Waals surface area contributed by atoms with Crippen molar-refractivity contribution in [2.75, 3.05) is 12.1 Å². The molecule has 1 aliphatic rings. The molecule has 0 bridgehead atoms. The summed E-state index contributed by atoms with van der Waals surface area (Å²) in [7, 11) is 0. The number of carbonyl (C=O) groups excluding carboxylic acids is 1. The van der Waals surface area contributed by atoms with Gasteiger partial charge in [0.1, 0.15) is 18.2 Å². The van der Waals surface area contributed by atoms with Crippen LogP contribution < -0.4 is 19.5 Å². The maximum Gasteiger partial charge on any atom is 0.266 e. The van der Waals surface area contributed by atoms with Gasteiger partial charge in [-0.05, 0) is 66.1 Å². The van der Waals surface area contributed by atoms with Gasteiger partial charge in [0.15, 0.2) is 17.2 Å². The Morgan fingerprint density at radius 2 is 1.88 bits per heavy atom. The molecular weight excluding hydrogens is 463 g/mol. The molecule has 0 atom stereocenters. The smallest absolute Gasteiger partial charge is 0.266 e. The van der Waals surface area contributed by atoms with Gasteiger partial charge in [0.05, 0.1) is 10.0 Å². The number of aryl methyl sites for hydroxylation is 1. The number of halogens is 2. The van der Waals surface area contributed by atoms with Crippen LogP contribution in [0.5, 0.6) is 17.2 Å². The summed E-state index contributed by atoms with van der Waals surface area (Å²) < 4.78 is 16.5. The number of benzene rings is 3. The fourth-order valence-electron chi connectivity index (χ4n) is 3.22.